The first kappa shape index (κ1) is 29.7. The van der Waals surface area contributed by atoms with Crippen LogP contribution < -0.4 is 0 Å². The van der Waals surface area contributed by atoms with Crippen LogP contribution in [0, 0.1) is 74.9 Å². The van der Waals surface area contributed by atoms with E-state index in [9.17, 15) is 9.90 Å². The van der Waals surface area contributed by atoms with Gasteiger partial charge in [-0.05, 0) is 104 Å². The lowest BCUT2D eigenvalue weighted by molar-refractivity contribution is -0.219. The molecule has 1 N–H and O–H groups in total. The minimum atomic E-state index is -0.454. The first-order valence-electron chi connectivity index (χ1n) is 15.7. The summed E-state index contributed by atoms with van der Waals surface area (Å²) in [7, 11) is 0. The second kappa shape index (κ2) is 9.92. The fraction of sp³-hybridized carbons (Fsp3) is 0.806. The van der Waals surface area contributed by atoms with Gasteiger partial charge in [-0.1, -0.05) is 65.0 Å². The summed E-state index contributed by atoms with van der Waals surface area (Å²) in [5.74, 6) is 6.16. The Hall–Kier alpha value is -1.75. The van der Waals surface area contributed by atoms with Crippen molar-refractivity contribution >= 4 is 5.97 Å². The zero-order valence-corrected chi connectivity index (χ0v) is 25.9. The number of carbonyl (C=O) groups excluding carboxylic acids is 1. The molecule has 4 nitrogen and oxygen atoms in total. The standard InChI is InChI=1S/C36H52O4/c1-9-21-39-24-33(6)27-13-16-35(8)28(32(27,5)15-14-29(33)37)12-11-25-26-23-31(3,4)17-19-36(26,20-18-34(25,35)7)30(38)40-22-10-2/h1-2,11,26-29,37H,12-24H2,3-8H3/t26-,27+,28+,29-,32-,33-,34+,35+,36-/m0/s1. The predicted octanol–water partition coefficient (Wildman–Crippen LogP) is 6.96. The molecule has 0 aliphatic heterocycles. The van der Waals surface area contributed by atoms with Gasteiger partial charge >= 0.3 is 5.97 Å². The number of aliphatic hydroxyl groups excluding tert-OH is 1. The molecule has 0 amide bonds. The number of terminal acetylenes is 2. The van der Waals surface area contributed by atoms with Crippen molar-refractivity contribution in [3.63, 3.8) is 0 Å². The maximum absolute atomic E-state index is 13.7. The molecule has 0 saturated heterocycles. The molecule has 9 atom stereocenters. The van der Waals surface area contributed by atoms with Gasteiger partial charge in [0.25, 0.3) is 0 Å². The smallest absolute Gasteiger partial charge is 0.313 e. The van der Waals surface area contributed by atoms with E-state index in [1.165, 1.54) is 5.57 Å². The highest BCUT2D eigenvalue weighted by Gasteiger charge is 2.69. The summed E-state index contributed by atoms with van der Waals surface area (Å²) < 4.78 is 11.6. The molecule has 4 fully saturated rings. The van der Waals surface area contributed by atoms with Gasteiger partial charge in [-0.2, -0.15) is 0 Å². The van der Waals surface area contributed by atoms with Gasteiger partial charge in [-0.25, -0.2) is 0 Å². The molecule has 4 heteroatoms. The Kier molecular flexibility index (Phi) is 7.37. The van der Waals surface area contributed by atoms with E-state index < -0.39 is 5.41 Å². The van der Waals surface area contributed by atoms with Crippen LogP contribution in [0.15, 0.2) is 11.6 Å². The molecule has 0 aromatic rings. The van der Waals surface area contributed by atoms with Crippen LogP contribution in [-0.4, -0.2) is 37.0 Å². The molecular formula is C36H52O4. The van der Waals surface area contributed by atoms with E-state index in [1.54, 1.807) is 0 Å². The SMILES string of the molecule is C#CCOC[C@@]1(C)[C@@H]2CC[C@]3(C)[C@H](CC=C4[C@@H]5CC(C)(C)CC[C@]5(C(=O)OCC#C)CC[C@]43C)[C@@]2(C)CC[C@@H]1O. The minimum Gasteiger partial charge on any atom is -0.452 e. The molecule has 0 aromatic heterocycles. The average Bonchev–Trinajstić information content (AvgIpc) is 2.90. The Morgan fingerprint density at radius 1 is 0.950 bits per heavy atom. The molecule has 5 rings (SSSR count). The van der Waals surface area contributed by atoms with Crippen molar-refractivity contribution in [3.8, 4) is 24.7 Å². The van der Waals surface area contributed by atoms with Gasteiger partial charge in [0.2, 0.25) is 0 Å². The second-order valence-electron chi connectivity index (χ2n) is 15.9. The van der Waals surface area contributed by atoms with Crippen LogP contribution in [0.25, 0.3) is 0 Å². The topological polar surface area (TPSA) is 55.8 Å². The third-order valence-electron chi connectivity index (χ3n) is 13.7. The van der Waals surface area contributed by atoms with Crippen LogP contribution in [0.5, 0.6) is 0 Å². The molecule has 5 aliphatic carbocycles. The van der Waals surface area contributed by atoms with Gasteiger partial charge in [0.1, 0.15) is 6.61 Å². The summed E-state index contributed by atoms with van der Waals surface area (Å²) in [6.45, 7) is 15.5. The van der Waals surface area contributed by atoms with E-state index in [4.69, 9.17) is 22.3 Å². The first-order valence-corrected chi connectivity index (χ1v) is 15.7. The van der Waals surface area contributed by atoms with Gasteiger partial charge < -0.3 is 14.6 Å². The molecule has 0 heterocycles. The van der Waals surface area contributed by atoms with Crippen molar-refractivity contribution in [1.29, 1.82) is 0 Å². The fourth-order valence-electron chi connectivity index (χ4n) is 11.2. The van der Waals surface area contributed by atoms with E-state index in [2.05, 4.69) is 59.5 Å². The van der Waals surface area contributed by atoms with Gasteiger partial charge in [-0.3, -0.25) is 4.79 Å². The lowest BCUT2D eigenvalue weighted by Gasteiger charge is -2.71. The molecule has 40 heavy (non-hydrogen) atoms. The number of carbonyl (C=O) groups is 1. The van der Waals surface area contributed by atoms with E-state index in [0.717, 1.165) is 64.2 Å². The van der Waals surface area contributed by atoms with Gasteiger partial charge in [0, 0.05) is 5.41 Å². The Bertz CT molecular complexity index is 1140. The summed E-state index contributed by atoms with van der Waals surface area (Å²) >= 11 is 0. The molecular weight excluding hydrogens is 496 g/mol. The highest BCUT2D eigenvalue weighted by Crippen LogP contribution is 2.75. The van der Waals surface area contributed by atoms with Crippen molar-refractivity contribution in [1.82, 2.24) is 0 Å². The van der Waals surface area contributed by atoms with E-state index >= 15 is 0 Å². The Labute approximate surface area is 243 Å². The van der Waals surface area contributed by atoms with Crippen molar-refractivity contribution in [2.24, 2.45) is 50.2 Å². The zero-order chi connectivity index (χ0) is 29.2. The molecule has 5 aliphatic rings. The maximum Gasteiger partial charge on any atom is 0.313 e. The van der Waals surface area contributed by atoms with Crippen LogP contribution in [0.4, 0.5) is 0 Å². The molecule has 0 unspecified atom stereocenters. The van der Waals surface area contributed by atoms with E-state index in [0.29, 0.717) is 25.0 Å². The number of ether oxygens (including phenoxy) is 2. The third-order valence-corrected chi connectivity index (χ3v) is 13.7. The predicted molar refractivity (Wildman–Crippen MR) is 159 cm³/mol. The van der Waals surface area contributed by atoms with Crippen LogP contribution in [0.2, 0.25) is 0 Å². The molecule has 0 spiro atoms. The highest BCUT2D eigenvalue weighted by atomic mass is 16.5. The third kappa shape index (κ3) is 4.07. The number of rotatable bonds is 5. The van der Waals surface area contributed by atoms with Gasteiger partial charge in [0.15, 0.2) is 6.61 Å². The summed E-state index contributed by atoms with van der Waals surface area (Å²) in [5.41, 5.74) is 1.24. The lowest BCUT2D eigenvalue weighted by Crippen LogP contribution is -2.66. The van der Waals surface area contributed by atoms with E-state index in [-0.39, 0.29) is 51.7 Å². The minimum absolute atomic E-state index is 0.0321. The number of aliphatic hydroxyl groups is 1. The van der Waals surface area contributed by atoms with Crippen molar-refractivity contribution in [2.75, 3.05) is 19.8 Å². The summed E-state index contributed by atoms with van der Waals surface area (Å²) in [4.78, 5) is 13.7. The van der Waals surface area contributed by atoms with Crippen molar-refractivity contribution < 1.29 is 19.4 Å². The quantitative estimate of drug-likeness (QED) is 0.175. The molecule has 0 bridgehead atoms. The summed E-state index contributed by atoms with van der Waals surface area (Å²) in [6, 6.07) is 0. The number of hydrogen-bond acceptors (Lipinski definition) is 4. The van der Waals surface area contributed by atoms with Crippen LogP contribution in [-0.2, 0) is 14.3 Å². The number of hydrogen-bond donors (Lipinski definition) is 1. The fourth-order valence-corrected chi connectivity index (χ4v) is 11.2. The molecule has 220 valence electrons. The summed E-state index contributed by atoms with van der Waals surface area (Å²) in [5, 5.41) is 11.3. The molecule has 4 saturated carbocycles. The summed E-state index contributed by atoms with van der Waals surface area (Å²) in [6.07, 6.45) is 23.1. The van der Waals surface area contributed by atoms with Crippen LogP contribution in [0.3, 0.4) is 0 Å². The number of esters is 1. The number of allylic oxidation sites excluding steroid dienone is 2. The van der Waals surface area contributed by atoms with Crippen molar-refractivity contribution in [3.05, 3.63) is 11.6 Å². The van der Waals surface area contributed by atoms with Crippen LogP contribution in [0.1, 0.15) is 106 Å². The average molecular weight is 549 g/mol. The van der Waals surface area contributed by atoms with Crippen LogP contribution >= 0.6 is 0 Å². The Morgan fingerprint density at radius 3 is 2.35 bits per heavy atom. The van der Waals surface area contributed by atoms with Crippen molar-refractivity contribution in [2.45, 2.75) is 112 Å². The lowest BCUT2D eigenvalue weighted by atomic mass is 9.33. The number of fused-ring (bicyclic) bond motifs is 7. The Balaban J connectivity index is 1.54. The normalized spacial score (nSPS) is 47.2. The highest BCUT2D eigenvalue weighted by molar-refractivity contribution is 5.79. The van der Waals surface area contributed by atoms with Gasteiger partial charge in [-0.15, -0.1) is 12.8 Å². The zero-order valence-electron chi connectivity index (χ0n) is 25.9. The molecule has 0 radical (unpaired) electrons. The second-order valence-corrected chi connectivity index (χ2v) is 15.9. The molecule has 0 aromatic carbocycles. The van der Waals surface area contributed by atoms with E-state index in [1.807, 2.05) is 0 Å². The van der Waals surface area contributed by atoms with Gasteiger partial charge in [0.05, 0.1) is 18.1 Å². The maximum atomic E-state index is 13.7. The largest absolute Gasteiger partial charge is 0.452 e. The first-order chi connectivity index (χ1) is 18.7. The Morgan fingerprint density at radius 2 is 1.65 bits per heavy atom. The monoisotopic (exact) mass is 548 g/mol.